The van der Waals surface area contributed by atoms with Gasteiger partial charge in [-0.3, -0.25) is 0 Å². The number of halogens is 1. The Hall–Kier alpha value is -3.19. The molecule has 27 heavy (non-hydrogen) atoms. The molecule has 138 valence electrons. The van der Waals surface area contributed by atoms with E-state index in [9.17, 15) is 4.39 Å². The fraction of sp³-hybridized carbons (Fsp3) is 0.217. The van der Waals surface area contributed by atoms with E-state index in [-0.39, 0.29) is 5.69 Å². The van der Waals surface area contributed by atoms with E-state index in [4.69, 9.17) is 12.2 Å². The first-order valence-corrected chi connectivity index (χ1v) is 9.10. The van der Waals surface area contributed by atoms with Crippen LogP contribution in [0.15, 0.2) is 60.8 Å². The highest BCUT2D eigenvalue weighted by atomic mass is 19.1. The second-order valence-electron chi connectivity index (χ2n) is 6.57. The second kappa shape index (κ2) is 8.01. The van der Waals surface area contributed by atoms with Crippen LogP contribution in [-0.4, -0.2) is 12.6 Å². The van der Waals surface area contributed by atoms with Crippen molar-refractivity contribution >= 4 is 22.6 Å². The van der Waals surface area contributed by atoms with Gasteiger partial charge in [-0.2, -0.15) is 0 Å². The maximum atomic E-state index is 14.5. The Labute approximate surface area is 160 Å². The predicted octanol–water partition coefficient (Wildman–Crippen LogP) is 5.04. The summed E-state index contributed by atoms with van der Waals surface area (Å²) in [6, 6.07) is 14.2. The molecule has 4 heteroatoms. The molecule has 1 aliphatic heterocycles. The molecule has 0 unspecified atom stereocenters. The molecule has 0 aromatic heterocycles. The standard InChI is InChI=1S/C17H18FN3.C6H6/c1-4-11-9-21(5-2)14-8-13(20-12-6-7-12)16(18)17(19)15(14)10(11)3;1-2-4-6-5-3-1/h1,8-9,12,20H,3,5-7,19H2,2H3;1-6H. The number of terminal acetylenes is 1. The van der Waals surface area contributed by atoms with Gasteiger partial charge in [0.1, 0.15) is 0 Å². The van der Waals surface area contributed by atoms with Gasteiger partial charge >= 0.3 is 0 Å². The van der Waals surface area contributed by atoms with Gasteiger partial charge in [0.25, 0.3) is 0 Å². The van der Waals surface area contributed by atoms with Gasteiger partial charge in [-0.05, 0) is 31.4 Å². The molecule has 1 aliphatic carbocycles. The van der Waals surface area contributed by atoms with Crippen LogP contribution < -0.4 is 16.0 Å². The summed E-state index contributed by atoms with van der Waals surface area (Å²) in [5, 5.41) is 3.19. The van der Waals surface area contributed by atoms with E-state index in [2.05, 4.69) is 17.8 Å². The maximum absolute atomic E-state index is 14.5. The first kappa shape index (κ1) is 18.6. The zero-order valence-electron chi connectivity index (χ0n) is 15.5. The molecule has 2 aromatic carbocycles. The summed E-state index contributed by atoms with van der Waals surface area (Å²) in [4.78, 5) is 1.98. The quantitative estimate of drug-likeness (QED) is 0.594. The number of nitrogens with two attached hydrogens (primary N) is 1. The molecule has 1 saturated carbocycles. The number of benzene rings is 2. The molecule has 0 atom stereocenters. The van der Waals surface area contributed by atoms with Crippen molar-refractivity contribution in [1.82, 2.24) is 0 Å². The average molecular weight is 361 g/mol. The summed E-state index contributed by atoms with van der Waals surface area (Å²) in [5.41, 5.74) is 9.29. The zero-order chi connectivity index (χ0) is 19.4. The van der Waals surface area contributed by atoms with Crippen molar-refractivity contribution in [2.75, 3.05) is 22.5 Å². The third-order valence-electron chi connectivity index (χ3n) is 4.60. The highest BCUT2D eigenvalue weighted by Crippen LogP contribution is 2.43. The number of nitrogens with zero attached hydrogens (tertiary/aromatic N) is 1. The van der Waals surface area contributed by atoms with Gasteiger partial charge in [-0.1, -0.05) is 48.9 Å². The number of nitrogen functional groups attached to an aromatic ring is 1. The van der Waals surface area contributed by atoms with Crippen molar-refractivity contribution in [3.8, 4) is 12.3 Å². The van der Waals surface area contributed by atoms with Crippen LogP contribution in [0.4, 0.5) is 21.5 Å². The second-order valence-corrected chi connectivity index (χ2v) is 6.57. The number of nitrogens with one attached hydrogen (secondary N) is 1. The van der Waals surface area contributed by atoms with Gasteiger partial charge < -0.3 is 16.0 Å². The summed E-state index contributed by atoms with van der Waals surface area (Å²) in [6.45, 7) is 6.71. The number of rotatable bonds is 3. The minimum atomic E-state index is -0.420. The molecule has 2 aliphatic rings. The van der Waals surface area contributed by atoms with Crippen molar-refractivity contribution in [3.05, 3.63) is 72.2 Å². The SMILES string of the molecule is C#CC1=CN(CC)c2cc(NC3CC3)c(F)c(N)c2C1=C.c1ccccc1. The Balaban J connectivity index is 0.000000299. The molecular weight excluding hydrogens is 337 g/mol. The van der Waals surface area contributed by atoms with E-state index < -0.39 is 5.82 Å². The van der Waals surface area contributed by atoms with E-state index in [1.807, 2.05) is 54.4 Å². The monoisotopic (exact) mass is 361 g/mol. The minimum Gasteiger partial charge on any atom is -0.396 e. The van der Waals surface area contributed by atoms with Gasteiger partial charge in [0.2, 0.25) is 0 Å². The number of hydrogen-bond donors (Lipinski definition) is 2. The minimum absolute atomic E-state index is 0.111. The Morgan fingerprint density at radius 1 is 1.26 bits per heavy atom. The van der Waals surface area contributed by atoms with Crippen molar-refractivity contribution in [1.29, 1.82) is 0 Å². The Morgan fingerprint density at radius 3 is 2.33 bits per heavy atom. The van der Waals surface area contributed by atoms with E-state index in [0.717, 1.165) is 25.1 Å². The maximum Gasteiger partial charge on any atom is 0.169 e. The zero-order valence-corrected chi connectivity index (χ0v) is 15.5. The fourth-order valence-corrected chi connectivity index (χ4v) is 2.97. The molecule has 1 heterocycles. The van der Waals surface area contributed by atoms with Crippen LogP contribution in [0.25, 0.3) is 5.57 Å². The van der Waals surface area contributed by atoms with Gasteiger partial charge in [-0.15, -0.1) is 6.42 Å². The summed E-state index contributed by atoms with van der Waals surface area (Å²) < 4.78 is 14.5. The highest BCUT2D eigenvalue weighted by molar-refractivity contribution is 5.98. The average Bonchev–Trinajstić information content (AvgIpc) is 3.52. The molecule has 3 N–H and O–H groups in total. The summed E-state index contributed by atoms with van der Waals surface area (Å²) in [6.07, 6.45) is 9.51. The lowest BCUT2D eigenvalue weighted by atomic mass is 9.92. The van der Waals surface area contributed by atoms with Crippen molar-refractivity contribution in [2.24, 2.45) is 0 Å². The topological polar surface area (TPSA) is 41.3 Å². The summed E-state index contributed by atoms with van der Waals surface area (Å²) in [7, 11) is 0. The summed E-state index contributed by atoms with van der Waals surface area (Å²) in [5.74, 6) is 2.17. The van der Waals surface area contributed by atoms with Crippen LogP contribution in [-0.2, 0) is 0 Å². The number of hydrogen-bond acceptors (Lipinski definition) is 3. The first-order valence-electron chi connectivity index (χ1n) is 9.10. The number of anilines is 3. The number of fused-ring (bicyclic) bond motifs is 1. The predicted molar refractivity (Wildman–Crippen MR) is 113 cm³/mol. The molecule has 1 fully saturated rings. The van der Waals surface area contributed by atoms with Crippen molar-refractivity contribution < 1.29 is 4.39 Å². The molecule has 3 nitrogen and oxygen atoms in total. The molecule has 0 saturated heterocycles. The van der Waals surface area contributed by atoms with Gasteiger partial charge in [0.15, 0.2) is 5.82 Å². The largest absolute Gasteiger partial charge is 0.396 e. The highest BCUT2D eigenvalue weighted by Gasteiger charge is 2.28. The van der Waals surface area contributed by atoms with Crippen LogP contribution in [0, 0.1) is 18.2 Å². The van der Waals surface area contributed by atoms with E-state index in [1.54, 1.807) is 6.07 Å². The lowest BCUT2D eigenvalue weighted by molar-refractivity contribution is 0.634. The lowest BCUT2D eigenvalue weighted by Gasteiger charge is -2.30. The first-order chi connectivity index (χ1) is 13.1. The van der Waals surface area contributed by atoms with Gasteiger partial charge in [0.05, 0.1) is 17.1 Å². The molecule has 0 bridgehead atoms. The Bertz CT molecular complexity index is 879. The smallest absolute Gasteiger partial charge is 0.169 e. The van der Waals surface area contributed by atoms with Gasteiger partial charge in [-0.25, -0.2) is 4.39 Å². The van der Waals surface area contributed by atoms with Crippen LogP contribution in [0.1, 0.15) is 25.3 Å². The summed E-state index contributed by atoms with van der Waals surface area (Å²) >= 11 is 0. The Kier molecular flexibility index (Phi) is 5.52. The number of allylic oxidation sites excluding steroid dienone is 2. The van der Waals surface area contributed by atoms with E-state index in [1.165, 1.54) is 0 Å². The molecule has 2 aromatic rings. The van der Waals surface area contributed by atoms with Crippen LogP contribution in [0.2, 0.25) is 0 Å². The molecule has 0 amide bonds. The lowest BCUT2D eigenvalue weighted by Crippen LogP contribution is -2.23. The van der Waals surface area contributed by atoms with E-state index >= 15 is 0 Å². The van der Waals surface area contributed by atoms with Crippen molar-refractivity contribution in [3.63, 3.8) is 0 Å². The van der Waals surface area contributed by atoms with Crippen LogP contribution in [0.5, 0.6) is 0 Å². The molecular formula is C23H24FN3. The molecule has 0 spiro atoms. The van der Waals surface area contributed by atoms with Crippen molar-refractivity contribution in [2.45, 2.75) is 25.8 Å². The van der Waals surface area contributed by atoms with Crippen LogP contribution in [0.3, 0.4) is 0 Å². The Morgan fingerprint density at radius 2 is 1.85 bits per heavy atom. The van der Waals surface area contributed by atoms with Gasteiger partial charge in [0, 0.05) is 29.9 Å². The van der Waals surface area contributed by atoms with E-state index in [0.29, 0.717) is 28.4 Å². The van der Waals surface area contributed by atoms with Crippen LogP contribution >= 0.6 is 0 Å². The normalized spacial score (nSPS) is 15.1. The third-order valence-corrected chi connectivity index (χ3v) is 4.60. The molecule has 0 radical (unpaired) electrons. The molecule has 4 rings (SSSR count). The fourth-order valence-electron chi connectivity index (χ4n) is 2.97. The third kappa shape index (κ3) is 3.98.